The zero-order chi connectivity index (χ0) is 15.9. The Kier molecular flexibility index (Phi) is 5.68. The van der Waals surface area contributed by atoms with Crippen LogP contribution >= 0.6 is 15.9 Å². The normalized spacial score (nSPS) is 10.0. The van der Waals surface area contributed by atoms with Crippen LogP contribution in [0.2, 0.25) is 0 Å². The Bertz CT molecular complexity index is 708. The maximum atomic E-state index is 13.6. The van der Waals surface area contributed by atoms with Crippen molar-refractivity contribution in [3.05, 3.63) is 69.4 Å². The van der Waals surface area contributed by atoms with E-state index in [2.05, 4.69) is 15.9 Å². The van der Waals surface area contributed by atoms with Crippen LogP contribution < -0.4 is 0 Å². The van der Waals surface area contributed by atoms with Crippen molar-refractivity contribution >= 4 is 21.9 Å². The number of nitriles is 1. The molecular formula is C17H13BrFNO2. The molecule has 5 heteroatoms. The Morgan fingerprint density at radius 3 is 2.59 bits per heavy atom. The molecular weight excluding hydrogens is 349 g/mol. The molecule has 0 amide bonds. The minimum absolute atomic E-state index is 0.0781. The van der Waals surface area contributed by atoms with Crippen LogP contribution in [-0.4, -0.2) is 5.97 Å². The molecule has 0 aromatic heterocycles. The van der Waals surface area contributed by atoms with Crippen molar-refractivity contribution < 1.29 is 13.9 Å². The fourth-order valence-electron chi connectivity index (χ4n) is 1.86. The minimum atomic E-state index is -0.408. The highest BCUT2D eigenvalue weighted by Gasteiger charge is 2.08. The number of carbonyl (C=O) groups excluding carboxylic acids is 1. The summed E-state index contributed by atoms with van der Waals surface area (Å²) in [7, 11) is 0. The molecule has 0 aliphatic rings. The molecule has 0 heterocycles. The highest BCUT2D eigenvalue weighted by molar-refractivity contribution is 9.10. The van der Waals surface area contributed by atoms with E-state index in [9.17, 15) is 9.18 Å². The number of hydrogen-bond donors (Lipinski definition) is 0. The number of esters is 1. The van der Waals surface area contributed by atoms with Gasteiger partial charge in [0.05, 0.1) is 11.6 Å². The molecule has 112 valence electrons. The van der Waals surface area contributed by atoms with Crippen molar-refractivity contribution in [1.82, 2.24) is 0 Å². The molecule has 0 aliphatic heterocycles. The molecule has 0 saturated heterocycles. The lowest BCUT2D eigenvalue weighted by molar-refractivity contribution is -0.144. The van der Waals surface area contributed by atoms with E-state index in [1.807, 2.05) is 6.07 Å². The second kappa shape index (κ2) is 7.71. The third-order valence-corrected chi connectivity index (χ3v) is 3.60. The summed E-state index contributed by atoms with van der Waals surface area (Å²) in [6.07, 6.45) is 0.734. The quantitative estimate of drug-likeness (QED) is 0.752. The Labute approximate surface area is 136 Å². The van der Waals surface area contributed by atoms with Gasteiger partial charge in [-0.3, -0.25) is 4.79 Å². The van der Waals surface area contributed by atoms with Gasteiger partial charge in [0.1, 0.15) is 12.4 Å². The van der Waals surface area contributed by atoms with Gasteiger partial charge in [-0.05, 0) is 36.2 Å². The predicted octanol–water partition coefficient (Wildman–Crippen LogP) is 4.14. The summed E-state index contributed by atoms with van der Waals surface area (Å²) < 4.78 is 19.3. The van der Waals surface area contributed by atoms with E-state index in [0.29, 0.717) is 22.0 Å². The molecule has 0 bridgehead atoms. The number of ether oxygens (including phenoxy) is 1. The molecule has 3 nitrogen and oxygen atoms in total. The summed E-state index contributed by atoms with van der Waals surface area (Å²) in [4.78, 5) is 11.7. The van der Waals surface area contributed by atoms with Crippen molar-refractivity contribution in [2.75, 3.05) is 0 Å². The fraction of sp³-hybridized carbons (Fsp3) is 0.176. The first-order chi connectivity index (χ1) is 10.6. The predicted molar refractivity (Wildman–Crippen MR) is 83.4 cm³/mol. The molecule has 0 radical (unpaired) electrons. The molecule has 0 aliphatic carbocycles. The third kappa shape index (κ3) is 4.68. The monoisotopic (exact) mass is 361 g/mol. The minimum Gasteiger partial charge on any atom is -0.461 e. The fourth-order valence-corrected chi connectivity index (χ4v) is 2.19. The molecule has 22 heavy (non-hydrogen) atoms. The van der Waals surface area contributed by atoms with E-state index < -0.39 is 5.82 Å². The van der Waals surface area contributed by atoms with Gasteiger partial charge in [0.25, 0.3) is 0 Å². The number of aryl methyl sites for hydroxylation is 1. The molecule has 0 spiro atoms. The maximum absolute atomic E-state index is 13.6. The molecule has 0 N–H and O–H groups in total. The Balaban J connectivity index is 1.81. The molecule has 0 atom stereocenters. The highest BCUT2D eigenvalue weighted by atomic mass is 79.9. The summed E-state index contributed by atoms with van der Waals surface area (Å²) in [5.74, 6) is -0.791. The first kappa shape index (κ1) is 16.2. The smallest absolute Gasteiger partial charge is 0.306 e. The van der Waals surface area contributed by atoms with E-state index >= 15 is 0 Å². The molecule has 0 fully saturated rings. The molecule has 2 aromatic rings. The van der Waals surface area contributed by atoms with Gasteiger partial charge in [-0.1, -0.05) is 34.1 Å². The van der Waals surface area contributed by atoms with Crippen LogP contribution in [0.5, 0.6) is 0 Å². The van der Waals surface area contributed by atoms with Crippen molar-refractivity contribution in [3.63, 3.8) is 0 Å². The highest BCUT2D eigenvalue weighted by Crippen LogP contribution is 2.16. The molecule has 2 aromatic carbocycles. The van der Waals surface area contributed by atoms with Crippen molar-refractivity contribution in [2.24, 2.45) is 0 Å². The first-order valence-electron chi connectivity index (χ1n) is 6.67. The van der Waals surface area contributed by atoms with Crippen LogP contribution in [0, 0.1) is 17.1 Å². The first-order valence-corrected chi connectivity index (χ1v) is 7.46. The standard InChI is InChI=1S/C17H13BrFNO2/c18-15-7-6-14(16(19)9-15)11-22-17(21)8-5-12-1-3-13(10-20)4-2-12/h1-4,6-7,9H,5,8,11H2. The van der Waals surface area contributed by atoms with Crippen LogP contribution in [0.15, 0.2) is 46.9 Å². The Morgan fingerprint density at radius 2 is 1.95 bits per heavy atom. The summed E-state index contributed by atoms with van der Waals surface area (Å²) >= 11 is 3.17. The average molecular weight is 362 g/mol. The lowest BCUT2D eigenvalue weighted by Crippen LogP contribution is -2.07. The van der Waals surface area contributed by atoms with E-state index in [-0.39, 0.29) is 19.0 Å². The Morgan fingerprint density at radius 1 is 1.23 bits per heavy atom. The zero-order valence-electron chi connectivity index (χ0n) is 11.7. The number of hydrogen-bond acceptors (Lipinski definition) is 3. The third-order valence-electron chi connectivity index (χ3n) is 3.10. The SMILES string of the molecule is N#Cc1ccc(CCC(=O)OCc2ccc(Br)cc2F)cc1. The van der Waals surface area contributed by atoms with Crippen molar-refractivity contribution in [3.8, 4) is 6.07 Å². The van der Waals surface area contributed by atoms with Gasteiger partial charge in [-0.2, -0.15) is 5.26 Å². The second-order valence-electron chi connectivity index (χ2n) is 4.71. The summed E-state index contributed by atoms with van der Waals surface area (Å²) in [5, 5.41) is 8.71. The number of rotatable bonds is 5. The van der Waals surface area contributed by atoms with Crippen LogP contribution in [0.4, 0.5) is 4.39 Å². The number of halogens is 2. The van der Waals surface area contributed by atoms with E-state index in [1.54, 1.807) is 36.4 Å². The van der Waals surface area contributed by atoms with E-state index in [0.717, 1.165) is 5.56 Å². The van der Waals surface area contributed by atoms with Gasteiger partial charge in [-0.25, -0.2) is 4.39 Å². The van der Waals surface area contributed by atoms with Crippen LogP contribution in [0.25, 0.3) is 0 Å². The average Bonchev–Trinajstić information content (AvgIpc) is 2.52. The van der Waals surface area contributed by atoms with Crippen LogP contribution in [0.1, 0.15) is 23.1 Å². The summed E-state index contributed by atoms with van der Waals surface area (Å²) in [6.45, 7) is -0.0781. The number of nitrogens with zero attached hydrogens (tertiary/aromatic N) is 1. The van der Waals surface area contributed by atoms with Crippen LogP contribution in [0.3, 0.4) is 0 Å². The van der Waals surface area contributed by atoms with Gasteiger partial charge < -0.3 is 4.74 Å². The topological polar surface area (TPSA) is 50.1 Å². The number of carbonyl (C=O) groups is 1. The second-order valence-corrected chi connectivity index (χ2v) is 5.62. The Hall–Kier alpha value is -2.19. The van der Waals surface area contributed by atoms with Gasteiger partial charge >= 0.3 is 5.97 Å². The molecule has 0 unspecified atom stereocenters. The lowest BCUT2D eigenvalue weighted by atomic mass is 10.1. The summed E-state index contributed by atoms with van der Waals surface area (Å²) in [5.41, 5.74) is 1.87. The van der Waals surface area contributed by atoms with Gasteiger partial charge in [-0.15, -0.1) is 0 Å². The van der Waals surface area contributed by atoms with Gasteiger partial charge in [0.15, 0.2) is 0 Å². The van der Waals surface area contributed by atoms with Crippen molar-refractivity contribution in [2.45, 2.75) is 19.4 Å². The molecule has 0 saturated carbocycles. The van der Waals surface area contributed by atoms with Gasteiger partial charge in [0.2, 0.25) is 0 Å². The zero-order valence-corrected chi connectivity index (χ0v) is 13.3. The number of benzene rings is 2. The largest absolute Gasteiger partial charge is 0.461 e. The van der Waals surface area contributed by atoms with Crippen LogP contribution in [-0.2, 0) is 22.6 Å². The van der Waals surface area contributed by atoms with E-state index in [4.69, 9.17) is 10.00 Å². The van der Waals surface area contributed by atoms with E-state index in [1.165, 1.54) is 6.07 Å². The van der Waals surface area contributed by atoms with Gasteiger partial charge in [0, 0.05) is 16.5 Å². The summed E-state index contributed by atoms with van der Waals surface area (Å²) in [6, 6.07) is 13.7. The molecule has 2 rings (SSSR count). The van der Waals surface area contributed by atoms with Crippen molar-refractivity contribution in [1.29, 1.82) is 5.26 Å². The maximum Gasteiger partial charge on any atom is 0.306 e. The lowest BCUT2D eigenvalue weighted by Gasteiger charge is -2.06.